The largest absolute Gasteiger partial charge is 0.478 e. The van der Waals surface area contributed by atoms with E-state index < -0.39 is 5.97 Å². The van der Waals surface area contributed by atoms with Crippen LogP contribution in [0.4, 0.5) is 0 Å². The maximum absolute atomic E-state index is 11.7. The maximum Gasteiger partial charge on any atom is 0.337 e. The lowest BCUT2D eigenvalue weighted by Crippen LogP contribution is -2.27. The number of para-hydroxylation sites is 1. The summed E-state index contributed by atoms with van der Waals surface area (Å²) in [5.74, 6) is -0.567. The van der Waals surface area contributed by atoms with E-state index in [1.807, 2.05) is 6.92 Å². The van der Waals surface area contributed by atoms with Crippen molar-refractivity contribution in [3.05, 3.63) is 29.6 Å². The first-order valence-corrected chi connectivity index (χ1v) is 6.00. The molecular weight excluding hydrogens is 246 g/mol. The third-order valence-corrected chi connectivity index (χ3v) is 2.86. The van der Waals surface area contributed by atoms with Gasteiger partial charge in [0, 0.05) is 6.54 Å². The fraction of sp³-hybridized carbons (Fsp3) is 0.308. The number of nitrogens with one attached hydrogen (secondary N) is 1. The average Bonchev–Trinajstić information content (AvgIpc) is 2.66. The highest BCUT2D eigenvalue weighted by molar-refractivity contribution is 6.01. The molecule has 6 heteroatoms. The SMILES string of the molecule is CCNC(=O)Cn1c(C)nc2cccc(C(=O)O)c21. The molecule has 0 aliphatic rings. The Hall–Kier alpha value is -2.37. The van der Waals surface area contributed by atoms with Crippen molar-refractivity contribution in [2.45, 2.75) is 20.4 Å². The highest BCUT2D eigenvalue weighted by Crippen LogP contribution is 2.20. The molecule has 0 spiro atoms. The van der Waals surface area contributed by atoms with Crippen LogP contribution in [0.5, 0.6) is 0 Å². The first-order valence-electron chi connectivity index (χ1n) is 6.00. The summed E-state index contributed by atoms with van der Waals surface area (Å²) in [4.78, 5) is 27.2. The van der Waals surface area contributed by atoms with Crippen molar-refractivity contribution in [2.75, 3.05) is 6.54 Å². The Morgan fingerprint density at radius 1 is 1.42 bits per heavy atom. The molecule has 100 valence electrons. The lowest BCUT2D eigenvalue weighted by atomic mass is 10.2. The minimum Gasteiger partial charge on any atom is -0.478 e. The summed E-state index contributed by atoms with van der Waals surface area (Å²) in [6.07, 6.45) is 0. The predicted octanol–water partition coefficient (Wildman–Crippen LogP) is 1.18. The van der Waals surface area contributed by atoms with Crippen molar-refractivity contribution < 1.29 is 14.7 Å². The molecule has 0 atom stereocenters. The number of rotatable bonds is 4. The minimum absolute atomic E-state index is 0.0699. The van der Waals surface area contributed by atoms with Gasteiger partial charge in [0.15, 0.2) is 0 Å². The van der Waals surface area contributed by atoms with Crippen molar-refractivity contribution >= 4 is 22.9 Å². The van der Waals surface area contributed by atoms with Crippen LogP contribution in [0.25, 0.3) is 11.0 Å². The molecule has 0 fully saturated rings. The Morgan fingerprint density at radius 2 is 2.16 bits per heavy atom. The van der Waals surface area contributed by atoms with Gasteiger partial charge in [-0.1, -0.05) is 6.07 Å². The second kappa shape index (κ2) is 5.09. The van der Waals surface area contributed by atoms with Gasteiger partial charge in [0.25, 0.3) is 0 Å². The Morgan fingerprint density at radius 3 is 2.79 bits per heavy atom. The molecule has 0 aliphatic carbocycles. The van der Waals surface area contributed by atoms with Crippen molar-refractivity contribution in [2.24, 2.45) is 0 Å². The summed E-state index contributed by atoms with van der Waals surface area (Å²) in [5, 5.41) is 11.9. The van der Waals surface area contributed by atoms with E-state index in [1.165, 1.54) is 6.07 Å². The molecule has 1 aromatic carbocycles. The smallest absolute Gasteiger partial charge is 0.337 e. The fourth-order valence-corrected chi connectivity index (χ4v) is 2.06. The van der Waals surface area contributed by atoms with Crippen LogP contribution in [0.15, 0.2) is 18.2 Å². The summed E-state index contributed by atoms with van der Waals surface area (Å²) in [6, 6.07) is 4.90. The summed E-state index contributed by atoms with van der Waals surface area (Å²) in [7, 11) is 0. The van der Waals surface area contributed by atoms with Crippen LogP contribution in [0.2, 0.25) is 0 Å². The molecule has 0 saturated heterocycles. The molecule has 2 rings (SSSR count). The molecule has 2 N–H and O–H groups in total. The molecule has 1 heterocycles. The van der Waals surface area contributed by atoms with Crippen LogP contribution in [-0.4, -0.2) is 33.1 Å². The van der Waals surface area contributed by atoms with Crippen LogP contribution in [0.1, 0.15) is 23.1 Å². The second-order valence-corrected chi connectivity index (χ2v) is 4.18. The van der Waals surface area contributed by atoms with E-state index in [4.69, 9.17) is 0 Å². The first-order chi connectivity index (χ1) is 9.04. The standard InChI is InChI=1S/C13H15N3O3/c1-3-14-11(17)7-16-8(2)15-10-6-4-5-9(12(10)16)13(18)19/h4-6H,3,7H2,1-2H3,(H,14,17)(H,18,19). The van der Waals surface area contributed by atoms with Gasteiger partial charge in [0.05, 0.1) is 16.6 Å². The Balaban J connectivity index is 2.56. The zero-order valence-corrected chi connectivity index (χ0v) is 10.8. The first kappa shape index (κ1) is 13.1. The van der Waals surface area contributed by atoms with E-state index in [0.29, 0.717) is 23.4 Å². The average molecular weight is 261 g/mol. The number of amides is 1. The fourth-order valence-electron chi connectivity index (χ4n) is 2.06. The van der Waals surface area contributed by atoms with Gasteiger partial charge in [-0.05, 0) is 26.0 Å². The number of aryl methyl sites for hydroxylation is 1. The lowest BCUT2D eigenvalue weighted by Gasteiger charge is -2.08. The monoisotopic (exact) mass is 261 g/mol. The second-order valence-electron chi connectivity index (χ2n) is 4.18. The zero-order chi connectivity index (χ0) is 14.0. The molecule has 0 radical (unpaired) electrons. The molecule has 0 saturated carbocycles. The Bertz CT molecular complexity index is 646. The Kier molecular flexibility index (Phi) is 3.50. The number of hydrogen-bond donors (Lipinski definition) is 2. The van der Waals surface area contributed by atoms with Crippen molar-refractivity contribution in [1.82, 2.24) is 14.9 Å². The molecule has 19 heavy (non-hydrogen) atoms. The summed E-state index contributed by atoms with van der Waals surface area (Å²) in [5.41, 5.74) is 1.22. The quantitative estimate of drug-likeness (QED) is 0.865. The van der Waals surface area contributed by atoms with Crippen LogP contribution in [0.3, 0.4) is 0 Å². The summed E-state index contributed by atoms with van der Waals surface area (Å²) < 4.78 is 1.63. The van der Waals surface area contributed by atoms with E-state index in [9.17, 15) is 14.7 Å². The number of carbonyl (C=O) groups excluding carboxylic acids is 1. The summed E-state index contributed by atoms with van der Waals surface area (Å²) in [6.45, 7) is 4.20. The number of hydrogen-bond acceptors (Lipinski definition) is 3. The van der Waals surface area contributed by atoms with Crippen LogP contribution in [-0.2, 0) is 11.3 Å². The van der Waals surface area contributed by atoms with Gasteiger partial charge in [-0.3, -0.25) is 4.79 Å². The van der Waals surface area contributed by atoms with Gasteiger partial charge < -0.3 is 15.0 Å². The number of imidazole rings is 1. The van der Waals surface area contributed by atoms with E-state index >= 15 is 0 Å². The lowest BCUT2D eigenvalue weighted by molar-refractivity contribution is -0.121. The molecule has 0 bridgehead atoms. The van der Waals surface area contributed by atoms with E-state index in [0.717, 1.165) is 0 Å². The van der Waals surface area contributed by atoms with Gasteiger partial charge in [-0.25, -0.2) is 9.78 Å². The number of fused-ring (bicyclic) bond motifs is 1. The number of nitrogens with zero attached hydrogens (tertiary/aromatic N) is 2. The van der Waals surface area contributed by atoms with Crippen LogP contribution < -0.4 is 5.32 Å². The Labute approximate surface area is 110 Å². The third kappa shape index (κ3) is 2.42. The van der Waals surface area contributed by atoms with Gasteiger partial charge >= 0.3 is 5.97 Å². The number of benzene rings is 1. The van der Waals surface area contributed by atoms with E-state index in [-0.39, 0.29) is 18.0 Å². The number of carbonyl (C=O) groups is 2. The van der Waals surface area contributed by atoms with Gasteiger partial charge in [0.1, 0.15) is 12.4 Å². The molecular formula is C13H15N3O3. The van der Waals surface area contributed by atoms with Gasteiger partial charge in [0.2, 0.25) is 5.91 Å². The number of carboxylic acids is 1. The van der Waals surface area contributed by atoms with E-state index in [1.54, 1.807) is 23.6 Å². The van der Waals surface area contributed by atoms with Crippen molar-refractivity contribution in [1.29, 1.82) is 0 Å². The predicted molar refractivity (Wildman–Crippen MR) is 70.1 cm³/mol. The van der Waals surface area contributed by atoms with Gasteiger partial charge in [-0.2, -0.15) is 0 Å². The third-order valence-electron chi connectivity index (χ3n) is 2.86. The molecule has 0 aliphatic heterocycles. The van der Waals surface area contributed by atoms with Crippen molar-refractivity contribution in [3.8, 4) is 0 Å². The van der Waals surface area contributed by atoms with Crippen molar-refractivity contribution in [3.63, 3.8) is 0 Å². The molecule has 2 aromatic rings. The van der Waals surface area contributed by atoms with Crippen LogP contribution >= 0.6 is 0 Å². The molecule has 1 aromatic heterocycles. The molecule has 0 unspecified atom stereocenters. The number of aromatic nitrogens is 2. The highest BCUT2D eigenvalue weighted by atomic mass is 16.4. The van der Waals surface area contributed by atoms with E-state index in [2.05, 4.69) is 10.3 Å². The number of aromatic carboxylic acids is 1. The number of carboxylic acid groups (broad SMARTS) is 1. The highest BCUT2D eigenvalue weighted by Gasteiger charge is 2.17. The number of likely N-dealkylation sites (N-methyl/N-ethyl adjacent to an activating group) is 1. The molecule has 6 nitrogen and oxygen atoms in total. The molecule has 1 amide bonds. The summed E-state index contributed by atoms with van der Waals surface area (Å²) >= 11 is 0. The van der Waals surface area contributed by atoms with Gasteiger partial charge in [-0.15, -0.1) is 0 Å². The van der Waals surface area contributed by atoms with Crippen LogP contribution in [0, 0.1) is 6.92 Å². The minimum atomic E-state index is -1.03. The maximum atomic E-state index is 11.7. The topological polar surface area (TPSA) is 84.2 Å². The normalized spacial score (nSPS) is 10.6. The zero-order valence-electron chi connectivity index (χ0n) is 10.8.